The summed E-state index contributed by atoms with van der Waals surface area (Å²) in [7, 11) is 0. The first-order valence-electron chi connectivity index (χ1n) is 6.39. The van der Waals surface area contributed by atoms with Gasteiger partial charge >= 0.3 is 12.0 Å². The summed E-state index contributed by atoms with van der Waals surface area (Å²) in [5, 5.41) is 18.6. The third-order valence-corrected chi connectivity index (χ3v) is 3.52. The molecule has 0 spiro atoms. The summed E-state index contributed by atoms with van der Waals surface area (Å²) in [5.74, 6) is -0.887. The van der Waals surface area contributed by atoms with Crippen molar-refractivity contribution in [1.29, 1.82) is 0 Å². The van der Waals surface area contributed by atoms with Crippen molar-refractivity contribution < 1.29 is 19.8 Å². The first-order chi connectivity index (χ1) is 8.39. The summed E-state index contributed by atoms with van der Waals surface area (Å²) in [6.45, 7) is 2.86. The number of likely N-dealkylation sites (tertiary alicyclic amines) is 1. The first-order valence-corrected chi connectivity index (χ1v) is 6.39. The molecule has 6 nitrogen and oxygen atoms in total. The van der Waals surface area contributed by atoms with E-state index in [0.29, 0.717) is 19.5 Å². The Hall–Kier alpha value is -1.30. The highest BCUT2D eigenvalue weighted by molar-refractivity contribution is 5.76. The number of carbonyl (C=O) groups excluding carboxylic acids is 1. The van der Waals surface area contributed by atoms with Crippen LogP contribution in [0.2, 0.25) is 0 Å². The topological polar surface area (TPSA) is 81.1 Å². The van der Waals surface area contributed by atoms with Crippen molar-refractivity contribution in [2.75, 3.05) is 19.6 Å². The van der Waals surface area contributed by atoms with Crippen LogP contribution in [0, 0.1) is 0 Å². The molecule has 1 atom stereocenters. The fraction of sp³-hybridized carbons (Fsp3) is 0.833. The van der Waals surface area contributed by atoms with Crippen molar-refractivity contribution >= 4 is 12.0 Å². The average Bonchev–Trinajstić information content (AvgIpc) is 3.02. The zero-order valence-corrected chi connectivity index (χ0v) is 10.6. The Bertz CT molecular complexity index is 352. The van der Waals surface area contributed by atoms with Crippen molar-refractivity contribution in [1.82, 2.24) is 9.80 Å². The number of carboxylic acid groups (broad SMARTS) is 1. The van der Waals surface area contributed by atoms with Gasteiger partial charge in [0.2, 0.25) is 0 Å². The second-order valence-corrected chi connectivity index (χ2v) is 5.52. The Balaban J connectivity index is 1.94. The minimum Gasteiger partial charge on any atom is -0.481 e. The van der Waals surface area contributed by atoms with Crippen LogP contribution >= 0.6 is 0 Å². The number of hydrogen-bond acceptors (Lipinski definition) is 3. The number of aliphatic carboxylic acids is 1. The molecule has 18 heavy (non-hydrogen) atoms. The lowest BCUT2D eigenvalue weighted by Crippen LogP contribution is -2.45. The van der Waals surface area contributed by atoms with Gasteiger partial charge < -0.3 is 20.0 Å². The van der Waals surface area contributed by atoms with E-state index in [9.17, 15) is 14.7 Å². The number of nitrogens with zero attached hydrogens (tertiary/aromatic N) is 2. The molecule has 1 saturated heterocycles. The number of β-amino-alcohol motifs (C(OH)–C–C–N with tert-alkyl or cyclic N) is 1. The van der Waals surface area contributed by atoms with Crippen molar-refractivity contribution in [3.8, 4) is 0 Å². The van der Waals surface area contributed by atoms with Gasteiger partial charge in [-0.2, -0.15) is 0 Å². The standard InChI is InChI=1S/C12H20N2O4/c1-12(18)5-7-13(8-12)11(17)14(9-2-3-9)6-4-10(15)16/h9,18H,2-8H2,1H3,(H,15,16). The molecule has 1 heterocycles. The van der Waals surface area contributed by atoms with Crippen molar-refractivity contribution in [3.63, 3.8) is 0 Å². The highest BCUT2D eigenvalue weighted by atomic mass is 16.4. The summed E-state index contributed by atoms with van der Waals surface area (Å²) < 4.78 is 0. The van der Waals surface area contributed by atoms with Gasteiger partial charge in [0, 0.05) is 19.1 Å². The van der Waals surface area contributed by atoms with Gasteiger partial charge in [-0.1, -0.05) is 0 Å². The molecule has 0 aromatic rings. The fourth-order valence-electron chi connectivity index (χ4n) is 2.33. The Morgan fingerprint density at radius 3 is 2.56 bits per heavy atom. The first kappa shape index (κ1) is 13.1. The third kappa shape index (κ3) is 3.13. The summed E-state index contributed by atoms with van der Waals surface area (Å²) in [4.78, 5) is 26.2. The smallest absolute Gasteiger partial charge is 0.320 e. The average molecular weight is 256 g/mol. The number of hydrogen-bond donors (Lipinski definition) is 2. The number of amides is 2. The molecule has 1 aliphatic heterocycles. The zero-order valence-electron chi connectivity index (χ0n) is 10.6. The second kappa shape index (κ2) is 4.76. The quantitative estimate of drug-likeness (QED) is 0.767. The Kier molecular flexibility index (Phi) is 3.47. The lowest BCUT2D eigenvalue weighted by atomic mass is 10.1. The molecule has 2 amide bonds. The van der Waals surface area contributed by atoms with E-state index < -0.39 is 11.6 Å². The van der Waals surface area contributed by atoms with Crippen molar-refractivity contribution in [2.45, 2.75) is 44.2 Å². The Morgan fingerprint density at radius 2 is 2.11 bits per heavy atom. The van der Waals surface area contributed by atoms with Gasteiger partial charge in [-0.15, -0.1) is 0 Å². The monoisotopic (exact) mass is 256 g/mol. The maximum Gasteiger partial charge on any atom is 0.320 e. The predicted octanol–water partition coefficient (Wildman–Crippen LogP) is 0.502. The molecule has 0 radical (unpaired) electrons. The molecular weight excluding hydrogens is 236 g/mol. The van der Waals surface area contributed by atoms with Crippen LogP contribution in [0.5, 0.6) is 0 Å². The Labute approximate surface area is 106 Å². The largest absolute Gasteiger partial charge is 0.481 e. The van der Waals surface area contributed by atoms with Crippen LogP contribution < -0.4 is 0 Å². The molecule has 0 bridgehead atoms. The van der Waals surface area contributed by atoms with E-state index in [1.54, 1.807) is 16.7 Å². The molecule has 102 valence electrons. The van der Waals surface area contributed by atoms with Crippen LogP contribution in [0.3, 0.4) is 0 Å². The van der Waals surface area contributed by atoms with E-state index in [0.717, 1.165) is 12.8 Å². The van der Waals surface area contributed by atoms with Crippen LogP contribution in [0.1, 0.15) is 32.6 Å². The number of urea groups is 1. The van der Waals surface area contributed by atoms with E-state index in [1.807, 2.05) is 0 Å². The summed E-state index contributed by atoms with van der Waals surface area (Å²) in [6.07, 6.45) is 2.47. The highest BCUT2D eigenvalue weighted by Crippen LogP contribution is 2.30. The number of carboxylic acids is 1. The molecule has 2 aliphatic rings. The maximum atomic E-state index is 12.3. The van der Waals surface area contributed by atoms with E-state index in [4.69, 9.17) is 5.11 Å². The third-order valence-electron chi connectivity index (χ3n) is 3.52. The summed E-state index contributed by atoms with van der Waals surface area (Å²) in [5.41, 5.74) is -0.808. The van der Waals surface area contributed by atoms with E-state index in [-0.39, 0.29) is 25.0 Å². The molecule has 2 rings (SSSR count). The summed E-state index contributed by atoms with van der Waals surface area (Å²) >= 11 is 0. The molecule has 1 unspecified atom stereocenters. The Morgan fingerprint density at radius 1 is 1.44 bits per heavy atom. The number of carbonyl (C=O) groups is 2. The highest BCUT2D eigenvalue weighted by Gasteiger charge is 2.40. The molecule has 0 aromatic heterocycles. The number of rotatable bonds is 4. The van der Waals surface area contributed by atoms with Crippen molar-refractivity contribution in [2.24, 2.45) is 0 Å². The molecule has 0 aromatic carbocycles. The van der Waals surface area contributed by atoms with Gasteiger partial charge in [-0.25, -0.2) is 4.79 Å². The predicted molar refractivity (Wildman–Crippen MR) is 64.2 cm³/mol. The minimum atomic E-state index is -0.887. The van der Waals surface area contributed by atoms with Gasteiger partial charge in [0.25, 0.3) is 0 Å². The van der Waals surface area contributed by atoms with Gasteiger partial charge in [-0.05, 0) is 26.2 Å². The van der Waals surface area contributed by atoms with Gasteiger partial charge in [0.05, 0.1) is 18.6 Å². The van der Waals surface area contributed by atoms with Gasteiger partial charge in [0.1, 0.15) is 0 Å². The van der Waals surface area contributed by atoms with E-state index in [2.05, 4.69) is 0 Å². The lowest BCUT2D eigenvalue weighted by Gasteiger charge is -2.28. The van der Waals surface area contributed by atoms with Crippen molar-refractivity contribution in [3.05, 3.63) is 0 Å². The molecule has 2 N–H and O–H groups in total. The lowest BCUT2D eigenvalue weighted by molar-refractivity contribution is -0.137. The second-order valence-electron chi connectivity index (χ2n) is 5.52. The molecular formula is C12H20N2O4. The fourth-order valence-corrected chi connectivity index (χ4v) is 2.33. The van der Waals surface area contributed by atoms with Crippen LogP contribution in [0.4, 0.5) is 4.79 Å². The molecule has 2 fully saturated rings. The van der Waals surface area contributed by atoms with Gasteiger partial charge in [0.15, 0.2) is 0 Å². The molecule has 6 heteroatoms. The molecule has 1 aliphatic carbocycles. The van der Waals surface area contributed by atoms with Crippen LogP contribution in [-0.2, 0) is 4.79 Å². The maximum absolute atomic E-state index is 12.3. The zero-order chi connectivity index (χ0) is 13.3. The summed E-state index contributed by atoms with van der Waals surface area (Å²) in [6, 6.07) is 0.0684. The molecule has 1 saturated carbocycles. The number of aliphatic hydroxyl groups is 1. The SMILES string of the molecule is CC1(O)CCN(C(=O)N(CCC(=O)O)C2CC2)C1. The normalized spacial score (nSPS) is 27.3. The van der Waals surface area contributed by atoms with E-state index in [1.165, 1.54) is 0 Å². The van der Waals surface area contributed by atoms with Crippen LogP contribution in [-0.4, -0.2) is 63.3 Å². The van der Waals surface area contributed by atoms with Gasteiger partial charge in [-0.3, -0.25) is 4.79 Å². The van der Waals surface area contributed by atoms with Crippen LogP contribution in [0.15, 0.2) is 0 Å². The van der Waals surface area contributed by atoms with Crippen LogP contribution in [0.25, 0.3) is 0 Å². The minimum absolute atomic E-state index is 0.0214. The van der Waals surface area contributed by atoms with E-state index >= 15 is 0 Å².